The van der Waals surface area contributed by atoms with Crippen molar-refractivity contribution in [3.8, 4) is 0 Å². The SMILES string of the molecule is COCC(Cc1ccccc1C)C(=O)Cl. The van der Waals surface area contributed by atoms with E-state index in [9.17, 15) is 4.79 Å². The maximum atomic E-state index is 11.1. The Morgan fingerprint density at radius 2 is 2.13 bits per heavy atom. The normalized spacial score (nSPS) is 12.5. The Morgan fingerprint density at radius 3 is 2.67 bits per heavy atom. The average molecular weight is 227 g/mol. The van der Waals surface area contributed by atoms with E-state index in [1.807, 2.05) is 31.2 Å². The van der Waals surface area contributed by atoms with Gasteiger partial charge in [-0.15, -0.1) is 0 Å². The van der Waals surface area contributed by atoms with E-state index in [4.69, 9.17) is 16.3 Å². The highest BCUT2D eigenvalue weighted by atomic mass is 35.5. The molecule has 0 spiro atoms. The summed E-state index contributed by atoms with van der Waals surface area (Å²) >= 11 is 5.51. The monoisotopic (exact) mass is 226 g/mol. The highest BCUT2D eigenvalue weighted by molar-refractivity contribution is 6.64. The van der Waals surface area contributed by atoms with Crippen LogP contribution in [0.2, 0.25) is 0 Å². The van der Waals surface area contributed by atoms with Gasteiger partial charge in [-0.1, -0.05) is 24.3 Å². The summed E-state index contributed by atoms with van der Waals surface area (Å²) in [6.07, 6.45) is 0.642. The van der Waals surface area contributed by atoms with Crippen molar-refractivity contribution >= 4 is 16.8 Å². The molecule has 1 rings (SSSR count). The Hall–Kier alpha value is -0.860. The number of carbonyl (C=O) groups excluding carboxylic acids is 1. The van der Waals surface area contributed by atoms with Crippen LogP contribution >= 0.6 is 11.6 Å². The van der Waals surface area contributed by atoms with Crippen molar-refractivity contribution in [3.05, 3.63) is 35.4 Å². The Kier molecular flexibility index (Phi) is 4.79. The number of hydrogen-bond donors (Lipinski definition) is 0. The van der Waals surface area contributed by atoms with Crippen LogP contribution < -0.4 is 0 Å². The molecule has 0 aliphatic carbocycles. The number of carbonyl (C=O) groups is 1. The van der Waals surface area contributed by atoms with Crippen molar-refractivity contribution in [2.24, 2.45) is 5.92 Å². The summed E-state index contributed by atoms with van der Waals surface area (Å²) in [4.78, 5) is 11.1. The number of rotatable bonds is 5. The van der Waals surface area contributed by atoms with Gasteiger partial charge in [0.1, 0.15) is 0 Å². The van der Waals surface area contributed by atoms with Crippen LogP contribution in [0.25, 0.3) is 0 Å². The molecule has 3 heteroatoms. The van der Waals surface area contributed by atoms with Gasteiger partial charge < -0.3 is 4.74 Å². The third-order valence-electron chi connectivity index (χ3n) is 2.42. The maximum absolute atomic E-state index is 11.1. The Balaban J connectivity index is 2.74. The lowest BCUT2D eigenvalue weighted by molar-refractivity contribution is -0.116. The molecule has 82 valence electrons. The van der Waals surface area contributed by atoms with E-state index in [0.29, 0.717) is 13.0 Å². The fourth-order valence-corrected chi connectivity index (χ4v) is 1.65. The number of ether oxygens (including phenoxy) is 1. The van der Waals surface area contributed by atoms with E-state index in [1.165, 1.54) is 5.56 Å². The summed E-state index contributed by atoms with van der Waals surface area (Å²) in [6.45, 7) is 2.40. The predicted octanol–water partition coefficient (Wildman–Crippen LogP) is 2.57. The molecule has 1 unspecified atom stereocenters. The Bertz CT molecular complexity index is 336. The molecule has 0 amide bonds. The van der Waals surface area contributed by atoms with Crippen LogP contribution in [-0.4, -0.2) is 19.0 Å². The van der Waals surface area contributed by atoms with Gasteiger partial charge in [0, 0.05) is 7.11 Å². The van der Waals surface area contributed by atoms with Crippen molar-refractivity contribution in [2.75, 3.05) is 13.7 Å². The number of halogens is 1. The molecule has 0 bridgehead atoms. The van der Waals surface area contributed by atoms with Crippen molar-refractivity contribution in [2.45, 2.75) is 13.3 Å². The fourth-order valence-electron chi connectivity index (χ4n) is 1.51. The molecular weight excluding hydrogens is 212 g/mol. The van der Waals surface area contributed by atoms with Crippen LogP contribution in [0.1, 0.15) is 11.1 Å². The maximum Gasteiger partial charge on any atom is 0.227 e. The molecule has 15 heavy (non-hydrogen) atoms. The van der Waals surface area contributed by atoms with Crippen LogP contribution in [-0.2, 0) is 16.0 Å². The molecule has 2 nitrogen and oxygen atoms in total. The van der Waals surface area contributed by atoms with Gasteiger partial charge in [-0.25, -0.2) is 0 Å². The lowest BCUT2D eigenvalue weighted by Crippen LogP contribution is -2.18. The Labute approximate surface area is 95.2 Å². The van der Waals surface area contributed by atoms with E-state index < -0.39 is 0 Å². The molecule has 0 saturated heterocycles. The van der Waals surface area contributed by atoms with E-state index in [1.54, 1.807) is 7.11 Å². The summed E-state index contributed by atoms with van der Waals surface area (Å²) in [7, 11) is 1.57. The van der Waals surface area contributed by atoms with Crippen LogP contribution in [0, 0.1) is 12.8 Å². The van der Waals surface area contributed by atoms with Gasteiger partial charge in [-0.05, 0) is 36.1 Å². The number of methoxy groups -OCH3 is 1. The Morgan fingerprint density at radius 1 is 1.47 bits per heavy atom. The van der Waals surface area contributed by atoms with Crippen LogP contribution in [0.5, 0.6) is 0 Å². The topological polar surface area (TPSA) is 26.3 Å². The molecule has 0 aromatic heterocycles. The van der Waals surface area contributed by atoms with Crippen molar-refractivity contribution in [1.29, 1.82) is 0 Å². The molecule has 0 N–H and O–H groups in total. The average Bonchev–Trinajstić information content (AvgIpc) is 2.20. The third-order valence-corrected chi connectivity index (χ3v) is 2.72. The second-order valence-electron chi connectivity index (χ2n) is 3.59. The second-order valence-corrected chi connectivity index (χ2v) is 3.96. The molecule has 0 aliphatic rings. The lowest BCUT2D eigenvalue weighted by atomic mass is 9.97. The molecule has 1 aromatic rings. The van der Waals surface area contributed by atoms with Crippen LogP contribution in [0.15, 0.2) is 24.3 Å². The molecule has 0 heterocycles. The highest BCUT2D eigenvalue weighted by Crippen LogP contribution is 2.15. The highest BCUT2D eigenvalue weighted by Gasteiger charge is 2.17. The third kappa shape index (κ3) is 3.65. The minimum atomic E-state index is -0.333. The number of aryl methyl sites for hydroxylation is 1. The second kappa shape index (κ2) is 5.89. The molecular formula is C12H15ClO2. The standard InChI is InChI=1S/C12H15ClO2/c1-9-5-3-4-6-10(9)7-11(8-15-2)12(13)14/h3-6,11H,7-8H2,1-2H3. The molecule has 1 atom stereocenters. The fraction of sp³-hybridized carbons (Fsp3) is 0.417. The molecule has 1 aromatic carbocycles. The van der Waals surface area contributed by atoms with Crippen LogP contribution in [0.4, 0.5) is 0 Å². The van der Waals surface area contributed by atoms with Crippen molar-refractivity contribution < 1.29 is 9.53 Å². The van der Waals surface area contributed by atoms with Gasteiger partial charge in [0.2, 0.25) is 5.24 Å². The van der Waals surface area contributed by atoms with Gasteiger partial charge in [-0.3, -0.25) is 4.79 Å². The minimum absolute atomic E-state index is 0.252. The van der Waals surface area contributed by atoms with E-state index in [-0.39, 0.29) is 11.2 Å². The number of benzene rings is 1. The molecule has 0 radical (unpaired) electrons. The van der Waals surface area contributed by atoms with Gasteiger partial charge in [0.25, 0.3) is 0 Å². The zero-order chi connectivity index (χ0) is 11.3. The first-order valence-corrected chi connectivity index (χ1v) is 5.25. The van der Waals surface area contributed by atoms with Gasteiger partial charge >= 0.3 is 0 Å². The van der Waals surface area contributed by atoms with Gasteiger partial charge in [0.15, 0.2) is 0 Å². The lowest BCUT2D eigenvalue weighted by Gasteiger charge is -2.12. The van der Waals surface area contributed by atoms with Gasteiger partial charge in [0.05, 0.1) is 12.5 Å². The molecule has 0 saturated carbocycles. The first-order valence-electron chi connectivity index (χ1n) is 4.88. The first kappa shape index (κ1) is 12.2. The number of hydrogen-bond acceptors (Lipinski definition) is 2. The molecule has 0 fully saturated rings. The minimum Gasteiger partial charge on any atom is -0.384 e. The van der Waals surface area contributed by atoms with E-state index >= 15 is 0 Å². The van der Waals surface area contributed by atoms with E-state index in [0.717, 1.165) is 5.56 Å². The van der Waals surface area contributed by atoms with Crippen molar-refractivity contribution in [1.82, 2.24) is 0 Å². The largest absolute Gasteiger partial charge is 0.384 e. The zero-order valence-electron chi connectivity index (χ0n) is 9.00. The zero-order valence-corrected chi connectivity index (χ0v) is 9.75. The summed E-state index contributed by atoms with van der Waals surface area (Å²) in [5, 5.41) is -0.333. The smallest absolute Gasteiger partial charge is 0.227 e. The van der Waals surface area contributed by atoms with Crippen LogP contribution in [0.3, 0.4) is 0 Å². The van der Waals surface area contributed by atoms with E-state index in [2.05, 4.69) is 0 Å². The summed E-state index contributed by atoms with van der Waals surface area (Å²) < 4.78 is 4.97. The quantitative estimate of drug-likeness (QED) is 0.722. The van der Waals surface area contributed by atoms with Gasteiger partial charge in [-0.2, -0.15) is 0 Å². The summed E-state index contributed by atoms with van der Waals surface area (Å²) in [5.41, 5.74) is 2.32. The first-order chi connectivity index (χ1) is 7.15. The molecule has 0 aliphatic heterocycles. The predicted molar refractivity (Wildman–Crippen MR) is 61.1 cm³/mol. The summed E-state index contributed by atoms with van der Waals surface area (Å²) in [6, 6.07) is 7.98. The van der Waals surface area contributed by atoms with Crippen molar-refractivity contribution in [3.63, 3.8) is 0 Å². The summed E-state index contributed by atoms with van der Waals surface area (Å²) in [5.74, 6) is -0.252.